The van der Waals surface area contributed by atoms with Gasteiger partial charge >= 0.3 is 0 Å². The highest BCUT2D eigenvalue weighted by molar-refractivity contribution is 6.32. The average Bonchev–Trinajstić information content (AvgIpc) is 3.03. The predicted molar refractivity (Wildman–Crippen MR) is 105 cm³/mol. The molecule has 144 valence electrons. The number of benzene rings is 1. The summed E-state index contributed by atoms with van der Waals surface area (Å²) < 4.78 is 7.63. The van der Waals surface area contributed by atoms with E-state index in [1.54, 1.807) is 24.5 Å². The van der Waals surface area contributed by atoms with Crippen LogP contribution >= 0.6 is 11.6 Å². The molecule has 1 N–H and O–H groups in total. The summed E-state index contributed by atoms with van der Waals surface area (Å²) >= 11 is 6.05. The Morgan fingerprint density at radius 2 is 2.11 bits per heavy atom. The highest BCUT2D eigenvalue weighted by atomic mass is 35.5. The monoisotopic (exact) mass is 397 g/mol. The summed E-state index contributed by atoms with van der Waals surface area (Å²) in [5.74, 6) is 2.10. The minimum absolute atomic E-state index is 0.0609. The van der Waals surface area contributed by atoms with Crippen LogP contribution in [0.1, 0.15) is 18.7 Å². The van der Waals surface area contributed by atoms with E-state index in [-0.39, 0.29) is 18.6 Å². The van der Waals surface area contributed by atoms with Crippen molar-refractivity contribution >= 4 is 17.5 Å². The van der Waals surface area contributed by atoms with Crippen molar-refractivity contribution in [1.29, 1.82) is 0 Å². The van der Waals surface area contributed by atoms with Crippen molar-refractivity contribution in [1.82, 2.24) is 25.1 Å². The summed E-state index contributed by atoms with van der Waals surface area (Å²) in [4.78, 5) is 16.4. The number of pyridine rings is 1. The fraction of sp³-hybridized carbons (Fsp3) is 0.300. The van der Waals surface area contributed by atoms with Crippen molar-refractivity contribution in [3.63, 3.8) is 0 Å². The molecule has 3 heterocycles. The number of amides is 1. The third-order valence-electron chi connectivity index (χ3n) is 4.73. The van der Waals surface area contributed by atoms with Crippen molar-refractivity contribution in [3.05, 3.63) is 59.6 Å². The van der Waals surface area contributed by atoms with Gasteiger partial charge in [-0.1, -0.05) is 23.7 Å². The molecule has 0 fully saturated rings. The Hall–Kier alpha value is -2.93. The molecular formula is C20H20ClN5O2. The molecule has 2 aromatic heterocycles. The van der Waals surface area contributed by atoms with Gasteiger partial charge in [0.05, 0.1) is 5.02 Å². The van der Waals surface area contributed by atoms with Gasteiger partial charge in [0, 0.05) is 37.0 Å². The van der Waals surface area contributed by atoms with E-state index < -0.39 is 0 Å². The minimum Gasteiger partial charge on any atom is -0.482 e. The zero-order valence-corrected chi connectivity index (χ0v) is 16.0. The summed E-state index contributed by atoms with van der Waals surface area (Å²) in [5, 5.41) is 12.2. The second-order valence-electron chi connectivity index (χ2n) is 6.64. The van der Waals surface area contributed by atoms with Crippen LogP contribution in [0.4, 0.5) is 0 Å². The third kappa shape index (κ3) is 4.14. The molecule has 0 radical (unpaired) electrons. The van der Waals surface area contributed by atoms with E-state index in [0.717, 1.165) is 43.0 Å². The van der Waals surface area contributed by atoms with E-state index >= 15 is 0 Å². The second kappa shape index (κ2) is 8.39. The van der Waals surface area contributed by atoms with Crippen LogP contribution in [0.5, 0.6) is 5.75 Å². The van der Waals surface area contributed by atoms with E-state index in [1.807, 2.05) is 24.3 Å². The molecule has 8 heteroatoms. The maximum absolute atomic E-state index is 12.3. The maximum atomic E-state index is 12.3. The molecule has 1 atom stereocenters. The smallest absolute Gasteiger partial charge is 0.258 e. The number of fused-ring (bicyclic) bond motifs is 1. The molecule has 1 aliphatic heterocycles. The highest BCUT2D eigenvalue weighted by Gasteiger charge is 2.22. The van der Waals surface area contributed by atoms with Gasteiger partial charge in [-0.15, -0.1) is 10.2 Å². The van der Waals surface area contributed by atoms with Crippen molar-refractivity contribution in [3.8, 4) is 17.1 Å². The summed E-state index contributed by atoms with van der Waals surface area (Å²) in [6.07, 6.45) is 5.88. The lowest BCUT2D eigenvalue weighted by Crippen LogP contribution is -2.38. The van der Waals surface area contributed by atoms with E-state index in [2.05, 4.69) is 25.1 Å². The Kier molecular flexibility index (Phi) is 5.53. The number of rotatable bonds is 5. The minimum atomic E-state index is -0.157. The molecule has 0 saturated heterocycles. The van der Waals surface area contributed by atoms with Crippen LogP contribution in [0, 0.1) is 0 Å². The Labute approximate surface area is 167 Å². The zero-order chi connectivity index (χ0) is 19.3. The largest absolute Gasteiger partial charge is 0.482 e. The van der Waals surface area contributed by atoms with Gasteiger partial charge in [-0.05, 0) is 37.1 Å². The van der Waals surface area contributed by atoms with E-state index in [0.29, 0.717) is 10.8 Å². The fourth-order valence-corrected chi connectivity index (χ4v) is 3.51. The lowest BCUT2D eigenvalue weighted by atomic mass is 10.1. The lowest BCUT2D eigenvalue weighted by molar-refractivity contribution is -0.123. The first-order chi connectivity index (χ1) is 13.7. The van der Waals surface area contributed by atoms with Crippen LogP contribution in [0.25, 0.3) is 11.4 Å². The fourth-order valence-electron chi connectivity index (χ4n) is 3.32. The Bertz CT molecular complexity index is 960. The van der Waals surface area contributed by atoms with Gasteiger partial charge in [-0.2, -0.15) is 0 Å². The number of halogens is 1. The highest BCUT2D eigenvalue weighted by Crippen LogP contribution is 2.24. The van der Waals surface area contributed by atoms with Gasteiger partial charge in [0.25, 0.3) is 5.91 Å². The number of aryl methyl sites for hydroxylation is 1. The number of ether oxygens (including phenoxy) is 1. The van der Waals surface area contributed by atoms with Crippen LogP contribution in [-0.4, -0.2) is 38.3 Å². The Balaban J connectivity index is 1.35. The standard InChI is InChI=1S/C20H20ClN5O2/c21-16-5-1-2-6-17(16)28-13-19(27)23-15-7-8-18-24-25-20(26(18)11-9-15)14-4-3-10-22-12-14/h1-6,10,12,15H,7-9,11,13H2,(H,23,27). The van der Waals surface area contributed by atoms with Gasteiger partial charge < -0.3 is 14.6 Å². The van der Waals surface area contributed by atoms with Gasteiger partial charge in [-0.25, -0.2) is 0 Å². The molecule has 1 unspecified atom stereocenters. The molecule has 7 nitrogen and oxygen atoms in total. The van der Waals surface area contributed by atoms with Crippen molar-refractivity contribution in [2.75, 3.05) is 6.61 Å². The number of hydrogen-bond donors (Lipinski definition) is 1. The third-order valence-corrected chi connectivity index (χ3v) is 5.04. The van der Waals surface area contributed by atoms with Gasteiger partial charge in [0.2, 0.25) is 0 Å². The molecule has 0 aliphatic carbocycles. The lowest BCUT2D eigenvalue weighted by Gasteiger charge is -2.16. The number of nitrogens with one attached hydrogen (secondary N) is 1. The number of carbonyl (C=O) groups is 1. The first kappa shape index (κ1) is 18.4. The number of carbonyl (C=O) groups excluding carboxylic acids is 1. The van der Waals surface area contributed by atoms with E-state index in [9.17, 15) is 4.79 Å². The first-order valence-corrected chi connectivity index (χ1v) is 9.57. The summed E-state index contributed by atoms with van der Waals surface area (Å²) in [7, 11) is 0. The number of nitrogens with zero attached hydrogens (tertiary/aromatic N) is 4. The molecular weight excluding hydrogens is 378 g/mol. The van der Waals surface area contributed by atoms with Crippen LogP contribution < -0.4 is 10.1 Å². The number of hydrogen-bond acceptors (Lipinski definition) is 5. The number of para-hydroxylation sites is 1. The van der Waals surface area contributed by atoms with Crippen LogP contribution in [0.3, 0.4) is 0 Å². The first-order valence-electron chi connectivity index (χ1n) is 9.20. The van der Waals surface area contributed by atoms with E-state index in [4.69, 9.17) is 16.3 Å². The Morgan fingerprint density at radius 3 is 2.93 bits per heavy atom. The molecule has 0 bridgehead atoms. The van der Waals surface area contributed by atoms with Crippen molar-refractivity contribution in [2.24, 2.45) is 0 Å². The van der Waals surface area contributed by atoms with Gasteiger partial charge in [0.1, 0.15) is 11.6 Å². The molecule has 1 amide bonds. The zero-order valence-electron chi connectivity index (χ0n) is 15.2. The molecule has 0 saturated carbocycles. The molecule has 1 aromatic carbocycles. The molecule has 3 aromatic rings. The predicted octanol–water partition coefficient (Wildman–Crippen LogP) is 2.89. The summed E-state index contributed by atoms with van der Waals surface area (Å²) in [6, 6.07) is 11.0. The van der Waals surface area contributed by atoms with Gasteiger partial charge in [0.15, 0.2) is 12.4 Å². The van der Waals surface area contributed by atoms with Crippen molar-refractivity contribution < 1.29 is 9.53 Å². The average molecular weight is 398 g/mol. The quantitative estimate of drug-likeness (QED) is 0.715. The van der Waals surface area contributed by atoms with Crippen LogP contribution in [0.2, 0.25) is 5.02 Å². The SMILES string of the molecule is O=C(COc1ccccc1Cl)NC1CCc2nnc(-c3cccnc3)n2CC1. The summed E-state index contributed by atoms with van der Waals surface area (Å²) in [5.41, 5.74) is 0.942. The van der Waals surface area contributed by atoms with Crippen LogP contribution in [-0.2, 0) is 17.8 Å². The molecule has 0 spiro atoms. The van der Waals surface area contributed by atoms with Crippen molar-refractivity contribution in [2.45, 2.75) is 31.8 Å². The van der Waals surface area contributed by atoms with Gasteiger partial charge in [-0.3, -0.25) is 9.78 Å². The maximum Gasteiger partial charge on any atom is 0.258 e. The van der Waals surface area contributed by atoms with E-state index in [1.165, 1.54) is 0 Å². The summed E-state index contributed by atoms with van der Waals surface area (Å²) in [6.45, 7) is 0.677. The molecule has 28 heavy (non-hydrogen) atoms. The molecule has 4 rings (SSSR count). The normalized spacial score (nSPS) is 16.1. The molecule has 1 aliphatic rings. The number of aromatic nitrogens is 4. The second-order valence-corrected chi connectivity index (χ2v) is 7.05. The van der Waals surface area contributed by atoms with Crippen LogP contribution in [0.15, 0.2) is 48.8 Å². The Morgan fingerprint density at radius 1 is 1.21 bits per heavy atom. The topological polar surface area (TPSA) is 81.9 Å².